The third kappa shape index (κ3) is 1.95. The lowest BCUT2D eigenvalue weighted by molar-refractivity contribution is -0.146. The Morgan fingerprint density at radius 1 is 1.64 bits per heavy atom. The summed E-state index contributed by atoms with van der Waals surface area (Å²) in [5, 5.41) is 2.59. The molecule has 1 heterocycles. The van der Waals surface area contributed by atoms with Gasteiger partial charge in [0.2, 0.25) is 11.8 Å². The number of amides is 2. The van der Waals surface area contributed by atoms with Crippen LogP contribution in [0.1, 0.15) is 13.8 Å². The predicted molar refractivity (Wildman–Crippen MR) is 53.5 cm³/mol. The Labute approximate surface area is 84.0 Å². The van der Waals surface area contributed by atoms with Gasteiger partial charge < -0.3 is 10.2 Å². The van der Waals surface area contributed by atoms with Crippen molar-refractivity contribution in [3.63, 3.8) is 0 Å². The summed E-state index contributed by atoms with van der Waals surface area (Å²) in [6.07, 6.45) is 1.64. The van der Waals surface area contributed by atoms with Crippen LogP contribution < -0.4 is 5.32 Å². The van der Waals surface area contributed by atoms with Crippen molar-refractivity contribution in [3.8, 4) is 0 Å². The molecule has 4 heteroatoms. The fourth-order valence-electron chi connectivity index (χ4n) is 1.68. The molecule has 0 aliphatic carbocycles. The van der Waals surface area contributed by atoms with Crippen molar-refractivity contribution in [2.24, 2.45) is 5.92 Å². The van der Waals surface area contributed by atoms with E-state index in [0.29, 0.717) is 6.54 Å². The molecule has 78 valence electrons. The quantitative estimate of drug-likeness (QED) is 0.653. The molecule has 1 atom stereocenters. The Morgan fingerprint density at radius 2 is 2.29 bits per heavy atom. The summed E-state index contributed by atoms with van der Waals surface area (Å²) in [5.41, 5.74) is 0. The normalized spacial score (nSPS) is 22.5. The van der Waals surface area contributed by atoms with Gasteiger partial charge in [-0.2, -0.15) is 0 Å². The van der Waals surface area contributed by atoms with Gasteiger partial charge in [-0.1, -0.05) is 19.9 Å². The molecule has 1 aliphatic rings. The number of carbonyl (C=O) groups excluding carboxylic acids is 2. The van der Waals surface area contributed by atoms with Gasteiger partial charge in [-0.3, -0.25) is 9.59 Å². The molecule has 0 aromatic carbocycles. The fraction of sp³-hybridized carbons (Fsp3) is 0.600. The first-order chi connectivity index (χ1) is 6.57. The Hall–Kier alpha value is -1.32. The topological polar surface area (TPSA) is 49.4 Å². The second kappa shape index (κ2) is 4.26. The first kappa shape index (κ1) is 10.8. The average Bonchev–Trinajstić information content (AvgIpc) is 2.11. The number of carbonyl (C=O) groups is 2. The second-order valence-corrected chi connectivity index (χ2v) is 3.74. The Bertz CT molecular complexity index is 261. The molecule has 14 heavy (non-hydrogen) atoms. The first-order valence-corrected chi connectivity index (χ1v) is 4.76. The minimum absolute atomic E-state index is 0.0387. The lowest BCUT2D eigenvalue weighted by Gasteiger charge is -2.36. The van der Waals surface area contributed by atoms with Gasteiger partial charge in [0, 0.05) is 6.54 Å². The van der Waals surface area contributed by atoms with Gasteiger partial charge in [-0.25, -0.2) is 0 Å². The van der Waals surface area contributed by atoms with E-state index in [1.54, 1.807) is 11.0 Å². The Kier molecular flexibility index (Phi) is 3.28. The monoisotopic (exact) mass is 196 g/mol. The molecule has 2 amide bonds. The zero-order chi connectivity index (χ0) is 10.7. The van der Waals surface area contributed by atoms with Gasteiger partial charge in [0.05, 0.1) is 6.54 Å². The van der Waals surface area contributed by atoms with Gasteiger partial charge in [-0.05, 0) is 5.92 Å². The maximum Gasteiger partial charge on any atom is 0.243 e. The van der Waals surface area contributed by atoms with Crippen LogP contribution in [0.3, 0.4) is 0 Å². The van der Waals surface area contributed by atoms with Crippen LogP contribution in [0, 0.1) is 5.92 Å². The van der Waals surface area contributed by atoms with E-state index in [9.17, 15) is 9.59 Å². The highest BCUT2D eigenvalue weighted by atomic mass is 16.2. The average molecular weight is 196 g/mol. The zero-order valence-corrected chi connectivity index (χ0v) is 8.62. The third-order valence-electron chi connectivity index (χ3n) is 2.30. The second-order valence-electron chi connectivity index (χ2n) is 3.74. The van der Waals surface area contributed by atoms with Crippen molar-refractivity contribution in [1.82, 2.24) is 10.2 Å². The predicted octanol–water partition coefficient (Wildman–Crippen LogP) is 0.155. The van der Waals surface area contributed by atoms with Crippen LogP contribution in [0.5, 0.6) is 0 Å². The van der Waals surface area contributed by atoms with Crippen LogP contribution in [-0.2, 0) is 9.59 Å². The van der Waals surface area contributed by atoms with E-state index >= 15 is 0 Å². The third-order valence-corrected chi connectivity index (χ3v) is 2.30. The highest BCUT2D eigenvalue weighted by Gasteiger charge is 2.35. The summed E-state index contributed by atoms with van der Waals surface area (Å²) >= 11 is 0. The van der Waals surface area contributed by atoms with Crippen molar-refractivity contribution in [2.75, 3.05) is 13.1 Å². The van der Waals surface area contributed by atoms with E-state index in [0.717, 1.165) is 0 Å². The molecule has 0 saturated carbocycles. The van der Waals surface area contributed by atoms with Crippen LogP contribution in [0.15, 0.2) is 12.7 Å². The maximum atomic E-state index is 11.5. The number of hydrogen-bond donors (Lipinski definition) is 1. The summed E-state index contributed by atoms with van der Waals surface area (Å²) in [6.45, 7) is 7.99. The first-order valence-electron chi connectivity index (χ1n) is 4.76. The van der Waals surface area contributed by atoms with Gasteiger partial charge in [0.15, 0.2) is 0 Å². The summed E-state index contributed by atoms with van der Waals surface area (Å²) in [7, 11) is 0. The van der Waals surface area contributed by atoms with Gasteiger partial charge in [0.1, 0.15) is 6.04 Å². The smallest absolute Gasteiger partial charge is 0.243 e. The number of piperazine rings is 1. The molecule has 1 rings (SSSR count). The van der Waals surface area contributed by atoms with Crippen LogP contribution in [0.2, 0.25) is 0 Å². The van der Waals surface area contributed by atoms with Crippen molar-refractivity contribution in [1.29, 1.82) is 0 Å². The lowest BCUT2D eigenvalue weighted by Crippen LogP contribution is -2.60. The van der Waals surface area contributed by atoms with Crippen molar-refractivity contribution in [3.05, 3.63) is 12.7 Å². The largest absolute Gasteiger partial charge is 0.345 e. The van der Waals surface area contributed by atoms with Crippen LogP contribution in [0.25, 0.3) is 0 Å². The summed E-state index contributed by atoms with van der Waals surface area (Å²) in [4.78, 5) is 24.6. The molecule has 0 bridgehead atoms. The molecule has 0 aromatic heterocycles. The molecule has 1 aliphatic heterocycles. The molecule has 1 unspecified atom stereocenters. The minimum atomic E-state index is -0.353. The van der Waals surface area contributed by atoms with E-state index in [4.69, 9.17) is 0 Å². The van der Waals surface area contributed by atoms with E-state index in [2.05, 4.69) is 11.9 Å². The summed E-state index contributed by atoms with van der Waals surface area (Å²) in [6, 6.07) is -0.353. The maximum absolute atomic E-state index is 11.5. The molecule has 1 N–H and O–H groups in total. The van der Waals surface area contributed by atoms with E-state index < -0.39 is 0 Å². The van der Waals surface area contributed by atoms with E-state index in [1.807, 2.05) is 13.8 Å². The molecule has 0 spiro atoms. The number of nitrogens with zero attached hydrogens (tertiary/aromatic N) is 1. The Balaban J connectivity index is 2.85. The molecule has 0 aromatic rings. The van der Waals surface area contributed by atoms with E-state index in [1.165, 1.54) is 0 Å². The summed E-state index contributed by atoms with van der Waals surface area (Å²) in [5.74, 6) is 0.0175. The standard InChI is InChI=1S/C10H16N2O2/c1-4-5-12-8(13)6-11-10(14)9(12)7(2)3/h4,7,9H,1,5-6H2,2-3H3,(H,11,14). The highest BCUT2D eigenvalue weighted by Crippen LogP contribution is 2.14. The molecule has 1 saturated heterocycles. The molecule has 0 radical (unpaired) electrons. The fourth-order valence-corrected chi connectivity index (χ4v) is 1.68. The van der Waals surface area contributed by atoms with Crippen molar-refractivity contribution < 1.29 is 9.59 Å². The molecule has 1 fully saturated rings. The number of nitrogens with one attached hydrogen (secondary N) is 1. The Morgan fingerprint density at radius 3 is 2.79 bits per heavy atom. The lowest BCUT2D eigenvalue weighted by atomic mass is 9.99. The zero-order valence-electron chi connectivity index (χ0n) is 8.62. The number of hydrogen-bond acceptors (Lipinski definition) is 2. The van der Waals surface area contributed by atoms with Crippen LogP contribution >= 0.6 is 0 Å². The van der Waals surface area contributed by atoms with Gasteiger partial charge in [-0.15, -0.1) is 6.58 Å². The molecule has 4 nitrogen and oxygen atoms in total. The SMILES string of the molecule is C=CCN1C(=O)CNC(=O)C1C(C)C. The highest BCUT2D eigenvalue weighted by molar-refractivity contribution is 5.95. The van der Waals surface area contributed by atoms with E-state index in [-0.39, 0.29) is 30.3 Å². The number of rotatable bonds is 3. The molecular formula is C10H16N2O2. The van der Waals surface area contributed by atoms with Gasteiger partial charge >= 0.3 is 0 Å². The minimum Gasteiger partial charge on any atom is -0.345 e. The molecular weight excluding hydrogens is 180 g/mol. The van der Waals surface area contributed by atoms with Crippen molar-refractivity contribution >= 4 is 11.8 Å². The van der Waals surface area contributed by atoms with Crippen LogP contribution in [0.4, 0.5) is 0 Å². The van der Waals surface area contributed by atoms with Crippen LogP contribution in [-0.4, -0.2) is 35.8 Å². The van der Waals surface area contributed by atoms with Gasteiger partial charge in [0.25, 0.3) is 0 Å². The van der Waals surface area contributed by atoms with Crippen molar-refractivity contribution in [2.45, 2.75) is 19.9 Å². The summed E-state index contributed by atoms with van der Waals surface area (Å²) < 4.78 is 0.